The Balaban J connectivity index is 1.89. The number of para-hydroxylation sites is 2. The number of ether oxygens (including phenoxy) is 3. The standard InChI is InChI=1S/C20H25N3O3/c1-5-10-23-16-9-7-6-8-15(16)22-20(23)21-13-14-11-17(24-2)19(26-4)18(12-14)25-3/h6-9,11-12H,5,10,13H2,1-4H3,(H,21,22)/p+1. The number of fused-ring (bicyclic) bond motifs is 1. The van der Waals surface area contributed by atoms with E-state index in [0.717, 1.165) is 30.0 Å². The van der Waals surface area contributed by atoms with E-state index in [1.165, 1.54) is 5.52 Å². The van der Waals surface area contributed by atoms with Gasteiger partial charge in [-0.15, -0.1) is 0 Å². The molecule has 0 fully saturated rings. The van der Waals surface area contributed by atoms with Crippen molar-refractivity contribution in [1.82, 2.24) is 4.98 Å². The molecule has 2 N–H and O–H groups in total. The van der Waals surface area contributed by atoms with Crippen LogP contribution in [0.5, 0.6) is 17.2 Å². The molecule has 6 heteroatoms. The summed E-state index contributed by atoms with van der Waals surface area (Å²) >= 11 is 0. The minimum atomic E-state index is 0.602. The minimum Gasteiger partial charge on any atom is -0.493 e. The summed E-state index contributed by atoms with van der Waals surface area (Å²) in [7, 11) is 4.86. The summed E-state index contributed by atoms with van der Waals surface area (Å²) in [6.07, 6.45) is 1.06. The number of aromatic nitrogens is 2. The van der Waals surface area contributed by atoms with E-state index < -0.39 is 0 Å². The second-order valence-electron chi connectivity index (χ2n) is 6.03. The highest BCUT2D eigenvalue weighted by atomic mass is 16.5. The number of aromatic amines is 1. The first-order chi connectivity index (χ1) is 12.7. The molecule has 0 saturated heterocycles. The van der Waals surface area contributed by atoms with Gasteiger partial charge in [0.15, 0.2) is 11.5 Å². The highest BCUT2D eigenvalue weighted by molar-refractivity contribution is 5.72. The van der Waals surface area contributed by atoms with Crippen LogP contribution < -0.4 is 24.1 Å². The van der Waals surface area contributed by atoms with E-state index in [1.54, 1.807) is 21.3 Å². The molecule has 0 aliphatic carbocycles. The molecule has 0 radical (unpaired) electrons. The lowest BCUT2D eigenvalue weighted by Crippen LogP contribution is -2.35. The Morgan fingerprint density at radius 1 is 1.00 bits per heavy atom. The lowest BCUT2D eigenvalue weighted by molar-refractivity contribution is -0.657. The number of methoxy groups -OCH3 is 3. The van der Waals surface area contributed by atoms with Crippen LogP contribution in [0.3, 0.4) is 0 Å². The average molecular weight is 356 g/mol. The molecule has 0 aliphatic rings. The van der Waals surface area contributed by atoms with Crippen LogP contribution >= 0.6 is 0 Å². The summed E-state index contributed by atoms with van der Waals surface area (Å²) in [5.41, 5.74) is 3.36. The highest BCUT2D eigenvalue weighted by Crippen LogP contribution is 2.38. The number of aryl methyl sites for hydroxylation is 1. The number of nitrogens with one attached hydrogen (secondary N) is 2. The van der Waals surface area contributed by atoms with E-state index in [0.29, 0.717) is 23.8 Å². The SMILES string of the molecule is CCC[n+]1c(NCc2cc(OC)c(OC)c(OC)c2)[nH]c2ccccc21. The van der Waals surface area contributed by atoms with Gasteiger partial charge in [0.25, 0.3) is 0 Å². The molecular formula is C20H26N3O3+. The molecule has 0 amide bonds. The van der Waals surface area contributed by atoms with Gasteiger partial charge < -0.3 is 14.2 Å². The number of H-pyrrole nitrogens is 1. The largest absolute Gasteiger partial charge is 0.493 e. The predicted octanol–water partition coefficient (Wildman–Crippen LogP) is 3.50. The Morgan fingerprint density at radius 2 is 1.69 bits per heavy atom. The molecule has 0 aliphatic heterocycles. The van der Waals surface area contributed by atoms with Crippen LogP contribution in [0.1, 0.15) is 18.9 Å². The summed E-state index contributed by atoms with van der Waals surface area (Å²) in [5.74, 6) is 2.90. The molecule has 0 spiro atoms. The minimum absolute atomic E-state index is 0.602. The van der Waals surface area contributed by atoms with Crippen molar-refractivity contribution in [3.05, 3.63) is 42.0 Å². The molecule has 26 heavy (non-hydrogen) atoms. The zero-order valence-electron chi connectivity index (χ0n) is 15.8. The third-order valence-corrected chi connectivity index (χ3v) is 4.35. The van der Waals surface area contributed by atoms with Crippen molar-refractivity contribution in [2.45, 2.75) is 26.4 Å². The van der Waals surface area contributed by atoms with E-state index in [4.69, 9.17) is 14.2 Å². The fourth-order valence-corrected chi connectivity index (χ4v) is 3.15. The highest BCUT2D eigenvalue weighted by Gasteiger charge is 2.18. The number of rotatable bonds is 8. The molecule has 0 bridgehead atoms. The van der Waals surface area contributed by atoms with Crippen molar-refractivity contribution in [1.29, 1.82) is 0 Å². The fourth-order valence-electron chi connectivity index (χ4n) is 3.15. The van der Waals surface area contributed by atoms with Gasteiger partial charge in [0.05, 0.1) is 34.4 Å². The van der Waals surface area contributed by atoms with Gasteiger partial charge in [-0.1, -0.05) is 19.1 Å². The summed E-state index contributed by atoms with van der Waals surface area (Å²) < 4.78 is 18.5. The van der Waals surface area contributed by atoms with Crippen LogP contribution in [-0.4, -0.2) is 26.3 Å². The van der Waals surface area contributed by atoms with Gasteiger partial charge in [0.2, 0.25) is 5.75 Å². The smallest absolute Gasteiger partial charge is 0.356 e. The summed E-state index contributed by atoms with van der Waals surface area (Å²) in [6.45, 7) is 3.76. The van der Waals surface area contributed by atoms with Crippen LogP contribution in [0.15, 0.2) is 36.4 Å². The lowest BCUT2D eigenvalue weighted by Gasteiger charge is -2.13. The van der Waals surface area contributed by atoms with E-state index in [-0.39, 0.29) is 0 Å². The van der Waals surface area contributed by atoms with Gasteiger partial charge in [-0.2, -0.15) is 0 Å². The van der Waals surface area contributed by atoms with Crippen LogP contribution in [0.2, 0.25) is 0 Å². The van der Waals surface area contributed by atoms with Crippen LogP contribution in [0, 0.1) is 0 Å². The zero-order chi connectivity index (χ0) is 18.5. The van der Waals surface area contributed by atoms with Gasteiger partial charge in [-0.3, -0.25) is 5.32 Å². The maximum Gasteiger partial charge on any atom is 0.356 e. The average Bonchev–Trinajstić information content (AvgIpc) is 3.03. The third-order valence-electron chi connectivity index (χ3n) is 4.35. The maximum absolute atomic E-state index is 5.44. The maximum atomic E-state index is 5.44. The summed E-state index contributed by atoms with van der Waals surface area (Å²) in [5, 5.41) is 3.50. The van der Waals surface area contributed by atoms with Crippen molar-refractivity contribution in [3.63, 3.8) is 0 Å². The van der Waals surface area contributed by atoms with Gasteiger partial charge in [-0.05, 0) is 36.2 Å². The van der Waals surface area contributed by atoms with Gasteiger partial charge in [0.1, 0.15) is 11.0 Å². The van der Waals surface area contributed by atoms with Crippen molar-refractivity contribution in [2.75, 3.05) is 26.6 Å². The molecule has 2 aromatic carbocycles. The zero-order valence-corrected chi connectivity index (χ0v) is 15.8. The summed E-state index contributed by atoms with van der Waals surface area (Å²) in [6, 6.07) is 12.2. The van der Waals surface area contributed by atoms with E-state index in [9.17, 15) is 0 Å². The first-order valence-electron chi connectivity index (χ1n) is 8.75. The number of hydrogen-bond acceptors (Lipinski definition) is 4. The Morgan fingerprint density at radius 3 is 2.31 bits per heavy atom. The normalized spacial score (nSPS) is 10.8. The van der Waals surface area contributed by atoms with Crippen molar-refractivity contribution < 1.29 is 18.8 Å². The number of anilines is 1. The fraction of sp³-hybridized carbons (Fsp3) is 0.350. The predicted molar refractivity (Wildman–Crippen MR) is 102 cm³/mol. The Kier molecular flexibility index (Phi) is 5.51. The van der Waals surface area contributed by atoms with E-state index in [2.05, 4.69) is 40.0 Å². The summed E-state index contributed by atoms with van der Waals surface area (Å²) in [4.78, 5) is 3.46. The molecule has 1 heterocycles. The van der Waals surface area contributed by atoms with Crippen LogP contribution in [-0.2, 0) is 13.1 Å². The third kappa shape index (κ3) is 3.40. The van der Waals surface area contributed by atoms with Gasteiger partial charge in [0, 0.05) is 0 Å². The van der Waals surface area contributed by atoms with Crippen molar-refractivity contribution in [2.24, 2.45) is 0 Å². The lowest BCUT2D eigenvalue weighted by atomic mass is 10.2. The van der Waals surface area contributed by atoms with E-state index >= 15 is 0 Å². The Bertz CT molecular complexity index is 864. The molecule has 0 saturated carbocycles. The van der Waals surface area contributed by atoms with Crippen molar-refractivity contribution in [3.8, 4) is 17.2 Å². The molecule has 0 atom stereocenters. The van der Waals surface area contributed by atoms with Crippen LogP contribution in [0.25, 0.3) is 11.0 Å². The van der Waals surface area contributed by atoms with E-state index in [1.807, 2.05) is 18.2 Å². The van der Waals surface area contributed by atoms with Crippen molar-refractivity contribution >= 4 is 17.0 Å². The quantitative estimate of drug-likeness (QED) is 0.607. The molecule has 3 rings (SSSR count). The first-order valence-corrected chi connectivity index (χ1v) is 8.75. The number of hydrogen-bond donors (Lipinski definition) is 2. The first kappa shape index (κ1) is 17.9. The molecule has 1 aromatic heterocycles. The Hall–Kier alpha value is -2.89. The second kappa shape index (κ2) is 7.99. The molecule has 0 unspecified atom stereocenters. The molecule has 3 aromatic rings. The monoisotopic (exact) mass is 356 g/mol. The number of imidazole rings is 1. The van der Waals surface area contributed by atoms with Crippen LogP contribution in [0.4, 0.5) is 5.95 Å². The molecule has 6 nitrogen and oxygen atoms in total. The van der Waals surface area contributed by atoms with Gasteiger partial charge in [-0.25, -0.2) is 9.55 Å². The Labute approximate surface area is 153 Å². The molecular weight excluding hydrogens is 330 g/mol. The second-order valence-corrected chi connectivity index (χ2v) is 6.03. The number of benzene rings is 2. The number of nitrogens with zero attached hydrogens (tertiary/aromatic N) is 1. The molecule has 138 valence electrons. The topological polar surface area (TPSA) is 59.4 Å². The van der Waals surface area contributed by atoms with Gasteiger partial charge >= 0.3 is 5.95 Å².